The van der Waals surface area contributed by atoms with E-state index in [1.54, 1.807) is 0 Å². The van der Waals surface area contributed by atoms with Crippen LogP contribution in [0.1, 0.15) is 16.7 Å². The van der Waals surface area contributed by atoms with E-state index in [1.165, 1.54) is 33.5 Å². The fraction of sp³-hybridized carbons (Fsp3) is 0.0968. The van der Waals surface area contributed by atoms with Gasteiger partial charge in [0.2, 0.25) is 0 Å². The van der Waals surface area contributed by atoms with Crippen molar-refractivity contribution in [2.45, 2.75) is 20.8 Å². The second-order valence-electron chi connectivity index (χ2n) is 7.81. The molecule has 0 fully saturated rings. The van der Waals surface area contributed by atoms with E-state index in [-0.39, 0.29) is 0 Å². The summed E-state index contributed by atoms with van der Waals surface area (Å²) in [4.78, 5) is 0. The Morgan fingerprint density at radius 3 is 1.25 bits per heavy atom. The SMILES string of the molecule is Cc1ccc(-c2ccccc2)cc1.Cc1ccc(-n2cccc2)cc1.Cc1ccccc1. The van der Waals surface area contributed by atoms with Gasteiger partial charge >= 0.3 is 0 Å². The van der Waals surface area contributed by atoms with Gasteiger partial charge in [-0.15, -0.1) is 0 Å². The lowest BCUT2D eigenvalue weighted by molar-refractivity contribution is 1.08. The van der Waals surface area contributed by atoms with Crippen LogP contribution in [0.5, 0.6) is 0 Å². The first-order chi connectivity index (χ1) is 15.6. The van der Waals surface area contributed by atoms with Crippen LogP contribution >= 0.6 is 0 Å². The minimum Gasteiger partial charge on any atom is -0.324 e. The van der Waals surface area contributed by atoms with Gasteiger partial charge in [0.05, 0.1) is 0 Å². The van der Waals surface area contributed by atoms with Gasteiger partial charge in [0.1, 0.15) is 0 Å². The van der Waals surface area contributed by atoms with E-state index in [0.29, 0.717) is 0 Å². The zero-order chi connectivity index (χ0) is 22.6. The topological polar surface area (TPSA) is 4.93 Å². The van der Waals surface area contributed by atoms with Crippen LogP contribution in [0.4, 0.5) is 0 Å². The minimum absolute atomic E-state index is 1.21. The molecule has 0 saturated heterocycles. The highest BCUT2D eigenvalue weighted by Gasteiger charge is 1.94. The summed E-state index contributed by atoms with van der Waals surface area (Å²) in [6.07, 6.45) is 4.09. The van der Waals surface area contributed by atoms with Crippen molar-refractivity contribution in [1.82, 2.24) is 4.57 Å². The molecule has 0 aliphatic rings. The molecule has 1 heterocycles. The highest BCUT2D eigenvalue weighted by Crippen LogP contribution is 2.18. The Balaban J connectivity index is 0.000000142. The van der Waals surface area contributed by atoms with E-state index >= 15 is 0 Å². The highest BCUT2D eigenvalue weighted by atomic mass is 14.9. The quantitative estimate of drug-likeness (QED) is 0.271. The smallest absolute Gasteiger partial charge is 0.0449 e. The Kier molecular flexibility index (Phi) is 8.65. The maximum Gasteiger partial charge on any atom is 0.0449 e. The van der Waals surface area contributed by atoms with E-state index < -0.39 is 0 Å². The van der Waals surface area contributed by atoms with Crippen molar-refractivity contribution < 1.29 is 0 Å². The number of aryl methyl sites for hydroxylation is 3. The van der Waals surface area contributed by atoms with Crippen LogP contribution in [0.2, 0.25) is 0 Å². The van der Waals surface area contributed by atoms with E-state index in [4.69, 9.17) is 0 Å². The zero-order valence-electron chi connectivity index (χ0n) is 19.1. The number of hydrogen-bond acceptors (Lipinski definition) is 0. The van der Waals surface area contributed by atoms with Crippen LogP contribution in [0.15, 0.2) is 134 Å². The molecule has 5 aromatic rings. The van der Waals surface area contributed by atoms with Gasteiger partial charge in [-0.05, 0) is 56.2 Å². The highest BCUT2D eigenvalue weighted by molar-refractivity contribution is 5.63. The second kappa shape index (κ2) is 12.1. The van der Waals surface area contributed by atoms with Crippen LogP contribution in [0, 0.1) is 20.8 Å². The van der Waals surface area contributed by atoms with Crippen molar-refractivity contribution in [3.63, 3.8) is 0 Å². The van der Waals surface area contributed by atoms with Crippen molar-refractivity contribution in [2.24, 2.45) is 0 Å². The van der Waals surface area contributed by atoms with Crippen molar-refractivity contribution in [3.05, 3.63) is 150 Å². The lowest BCUT2D eigenvalue weighted by atomic mass is 10.0. The Hall–Kier alpha value is -3.84. The molecule has 0 aliphatic heterocycles. The largest absolute Gasteiger partial charge is 0.324 e. The Morgan fingerprint density at radius 1 is 0.375 bits per heavy atom. The average Bonchev–Trinajstić information content (AvgIpc) is 3.37. The predicted molar refractivity (Wildman–Crippen MR) is 138 cm³/mol. The summed E-state index contributed by atoms with van der Waals surface area (Å²) >= 11 is 0. The van der Waals surface area contributed by atoms with Gasteiger partial charge < -0.3 is 4.57 Å². The van der Waals surface area contributed by atoms with Gasteiger partial charge in [-0.3, -0.25) is 0 Å². The molecule has 0 spiro atoms. The summed E-state index contributed by atoms with van der Waals surface area (Å²) in [7, 11) is 0. The van der Waals surface area contributed by atoms with Crippen molar-refractivity contribution in [3.8, 4) is 16.8 Å². The molecule has 160 valence electrons. The van der Waals surface area contributed by atoms with E-state index in [0.717, 1.165) is 0 Å². The third kappa shape index (κ3) is 7.45. The first kappa shape index (κ1) is 22.8. The van der Waals surface area contributed by atoms with Crippen LogP contribution in [0.3, 0.4) is 0 Å². The molecule has 1 heteroatoms. The van der Waals surface area contributed by atoms with Crippen molar-refractivity contribution in [1.29, 1.82) is 0 Å². The van der Waals surface area contributed by atoms with Gasteiger partial charge in [0.25, 0.3) is 0 Å². The van der Waals surface area contributed by atoms with E-state index in [1.807, 2.05) is 48.8 Å². The lowest BCUT2D eigenvalue weighted by Gasteiger charge is -2.01. The molecular weight excluding hydrogens is 386 g/mol. The third-order valence-electron chi connectivity index (χ3n) is 5.04. The summed E-state index contributed by atoms with van der Waals surface area (Å²) in [5.41, 5.74) is 7.70. The molecule has 0 N–H and O–H groups in total. The lowest BCUT2D eigenvalue weighted by Crippen LogP contribution is -1.88. The molecule has 4 aromatic carbocycles. The summed E-state index contributed by atoms with van der Waals surface area (Å²) < 4.78 is 2.10. The first-order valence-corrected chi connectivity index (χ1v) is 11.0. The standard InChI is InChI=1S/C13H12.C11H11N.C7H8/c1-11-7-9-13(10-8-11)12-5-3-2-4-6-12;1-10-4-6-11(7-5-10)12-8-2-3-9-12;1-7-5-3-2-4-6-7/h2-10H,1H3;2-9H,1H3;2-6H,1H3. The monoisotopic (exact) mass is 417 g/mol. The summed E-state index contributed by atoms with van der Waals surface area (Å²) in [5.74, 6) is 0. The molecule has 0 aliphatic carbocycles. The summed E-state index contributed by atoms with van der Waals surface area (Å²) in [6.45, 7) is 6.29. The van der Waals surface area contributed by atoms with Gasteiger partial charge in [0, 0.05) is 18.1 Å². The first-order valence-electron chi connectivity index (χ1n) is 11.0. The molecule has 1 nitrogen and oxygen atoms in total. The molecule has 0 radical (unpaired) electrons. The van der Waals surface area contributed by atoms with Crippen LogP contribution < -0.4 is 0 Å². The molecule has 32 heavy (non-hydrogen) atoms. The molecular formula is C31H31N. The fourth-order valence-corrected chi connectivity index (χ4v) is 3.13. The molecule has 0 unspecified atom stereocenters. The average molecular weight is 418 g/mol. The van der Waals surface area contributed by atoms with Crippen molar-refractivity contribution >= 4 is 0 Å². The molecule has 5 rings (SSSR count). The predicted octanol–water partition coefficient (Wildman–Crippen LogP) is 8.44. The van der Waals surface area contributed by atoms with E-state index in [2.05, 4.69) is 110 Å². The Labute approximate surface area is 192 Å². The van der Waals surface area contributed by atoms with Crippen LogP contribution in [0.25, 0.3) is 16.8 Å². The normalized spacial score (nSPS) is 9.72. The number of benzene rings is 4. The van der Waals surface area contributed by atoms with E-state index in [9.17, 15) is 0 Å². The minimum atomic E-state index is 1.21. The third-order valence-corrected chi connectivity index (χ3v) is 5.04. The van der Waals surface area contributed by atoms with Gasteiger partial charge in [-0.1, -0.05) is 114 Å². The molecule has 0 saturated carbocycles. The second-order valence-corrected chi connectivity index (χ2v) is 7.81. The van der Waals surface area contributed by atoms with Crippen molar-refractivity contribution in [2.75, 3.05) is 0 Å². The number of aromatic nitrogens is 1. The van der Waals surface area contributed by atoms with Gasteiger partial charge in [-0.25, -0.2) is 0 Å². The maximum atomic E-state index is 2.16. The summed E-state index contributed by atoms with van der Waals surface area (Å²) in [5, 5.41) is 0. The molecule has 1 aromatic heterocycles. The fourth-order valence-electron chi connectivity index (χ4n) is 3.13. The van der Waals surface area contributed by atoms with Crippen LogP contribution in [-0.2, 0) is 0 Å². The Bertz CT molecular complexity index is 1140. The number of rotatable bonds is 2. The maximum absolute atomic E-state index is 2.16. The number of nitrogens with zero attached hydrogens (tertiary/aromatic N) is 1. The molecule has 0 bridgehead atoms. The molecule has 0 amide bonds. The van der Waals surface area contributed by atoms with Gasteiger partial charge in [-0.2, -0.15) is 0 Å². The number of hydrogen-bond donors (Lipinski definition) is 0. The van der Waals surface area contributed by atoms with Gasteiger partial charge in [0.15, 0.2) is 0 Å². The Morgan fingerprint density at radius 2 is 0.781 bits per heavy atom. The zero-order valence-corrected chi connectivity index (χ0v) is 19.1. The summed E-state index contributed by atoms with van der Waals surface area (Å²) in [6, 6.07) is 41.8. The van der Waals surface area contributed by atoms with Crippen LogP contribution in [-0.4, -0.2) is 4.57 Å². The molecule has 0 atom stereocenters.